The van der Waals surface area contributed by atoms with Crippen LogP contribution in [0.5, 0.6) is 5.75 Å². The van der Waals surface area contributed by atoms with Gasteiger partial charge >= 0.3 is 0 Å². The molecule has 2 fully saturated rings. The number of sulfone groups is 1. The fourth-order valence-electron chi connectivity index (χ4n) is 3.35. The summed E-state index contributed by atoms with van der Waals surface area (Å²) in [6.45, 7) is 0. The molecule has 120 valence electrons. The first-order valence-electron chi connectivity index (χ1n) is 6.95. The topological polar surface area (TPSA) is 102 Å². The Hall–Kier alpha value is -1.64. The number of benzene rings is 1. The third-order valence-electron chi connectivity index (χ3n) is 4.46. The van der Waals surface area contributed by atoms with E-state index in [0.717, 1.165) is 0 Å². The van der Waals surface area contributed by atoms with Gasteiger partial charge in [-0.15, -0.1) is 0 Å². The fraction of sp³-hybridized carbons (Fsp3) is 0.500. The summed E-state index contributed by atoms with van der Waals surface area (Å²) in [6.07, 6.45) is 0.853. The highest BCUT2D eigenvalue weighted by molar-refractivity contribution is 7.92. The van der Waals surface area contributed by atoms with Crippen molar-refractivity contribution in [3.05, 3.63) is 24.3 Å². The van der Waals surface area contributed by atoms with Gasteiger partial charge < -0.3 is 9.47 Å². The van der Waals surface area contributed by atoms with E-state index < -0.39 is 26.6 Å². The first kappa shape index (κ1) is 15.3. The molecular weight excluding hydrogens is 310 g/mol. The molecule has 7 nitrogen and oxygen atoms in total. The van der Waals surface area contributed by atoms with Crippen LogP contribution >= 0.6 is 0 Å². The molecule has 0 saturated carbocycles. The molecule has 2 saturated heterocycles. The Morgan fingerprint density at radius 2 is 2.09 bits per heavy atom. The van der Waals surface area contributed by atoms with Crippen molar-refractivity contribution in [2.75, 3.05) is 7.11 Å². The fourth-order valence-corrected chi connectivity index (χ4v) is 5.47. The van der Waals surface area contributed by atoms with Crippen LogP contribution in [0.2, 0.25) is 0 Å². The summed E-state index contributed by atoms with van der Waals surface area (Å²) in [6, 6.07) is 5.97. The molecule has 0 aliphatic carbocycles. The lowest BCUT2D eigenvalue weighted by Gasteiger charge is -2.30. The number of methoxy groups -OCH3 is 1. The Bertz CT molecular complexity index is 686. The normalized spacial score (nSPS) is 30.3. The van der Waals surface area contributed by atoms with Crippen molar-refractivity contribution in [3.63, 3.8) is 0 Å². The minimum atomic E-state index is -3.89. The van der Waals surface area contributed by atoms with E-state index in [2.05, 4.69) is 0 Å². The standard InChI is InChI=1S/C14H17NO6S/c1-20-9-2-4-11(5-3-9)22(18,19)14-7-6-10(21-14)8-12(14)13(16)15-17/h2-5,10,12,17H,6-8H2,1H3,(H,15,16). The van der Waals surface area contributed by atoms with Gasteiger partial charge in [0.25, 0.3) is 5.91 Å². The second-order valence-electron chi connectivity index (χ2n) is 5.53. The summed E-state index contributed by atoms with van der Waals surface area (Å²) >= 11 is 0. The Kier molecular flexibility index (Phi) is 3.62. The van der Waals surface area contributed by atoms with E-state index in [1.54, 1.807) is 17.6 Å². The summed E-state index contributed by atoms with van der Waals surface area (Å²) in [5, 5.41) is 8.88. The molecular formula is C14H17NO6S. The minimum absolute atomic E-state index is 0.0755. The number of hydrogen-bond donors (Lipinski definition) is 2. The number of carbonyl (C=O) groups is 1. The van der Waals surface area contributed by atoms with Crippen LogP contribution in [0.25, 0.3) is 0 Å². The minimum Gasteiger partial charge on any atom is -0.497 e. The molecule has 3 unspecified atom stereocenters. The third kappa shape index (κ3) is 2.02. The second-order valence-corrected chi connectivity index (χ2v) is 7.70. The van der Waals surface area contributed by atoms with Crippen molar-refractivity contribution in [2.24, 2.45) is 5.92 Å². The van der Waals surface area contributed by atoms with Gasteiger partial charge in [-0.1, -0.05) is 0 Å². The van der Waals surface area contributed by atoms with Gasteiger partial charge in [0.05, 0.1) is 24.0 Å². The van der Waals surface area contributed by atoms with Gasteiger partial charge in [0.2, 0.25) is 9.84 Å². The molecule has 0 spiro atoms. The van der Waals surface area contributed by atoms with Crippen LogP contribution in [-0.4, -0.2) is 37.7 Å². The summed E-state index contributed by atoms with van der Waals surface area (Å²) < 4.78 is 36.7. The van der Waals surface area contributed by atoms with Gasteiger partial charge in [0.15, 0.2) is 4.93 Å². The van der Waals surface area contributed by atoms with Crippen molar-refractivity contribution in [2.45, 2.75) is 35.2 Å². The molecule has 1 aromatic carbocycles. The van der Waals surface area contributed by atoms with Crippen LogP contribution in [0.3, 0.4) is 0 Å². The maximum absolute atomic E-state index is 13.0. The van der Waals surface area contributed by atoms with Gasteiger partial charge in [-0.3, -0.25) is 10.0 Å². The lowest BCUT2D eigenvalue weighted by molar-refractivity contribution is -0.136. The van der Waals surface area contributed by atoms with E-state index in [1.165, 1.54) is 19.2 Å². The van der Waals surface area contributed by atoms with Gasteiger partial charge in [-0.2, -0.15) is 0 Å². The van der Waals surface area contributed by atoms with Crippen LogP contribution in [-0.2, 0) is 19.4 Å². The molecule has 8 heteroatoms. The highest BCUT2D eigenvalue weighted by Crippen LogP contribution is 2.52. The maximum Gasteiger partial charge on any atom is 0.250 e. The van der Waals surface area contributed by atoms with Gasteiger partial charge in [-0.25, -0.2) is 13.9 Å². The van der Waals surface area contributed by atoms with E-state index in [-0.39, 0.29) is 17.4 Å². The summed E-state index contributed by atoms with van der Waals surface area (Å²) in [7, 11) is -2.40. The Morgan fingerprint density at radius 3 is 2.64 bits per heavy atom. The molecule has 3 rings (SSSR count). The van der Waals surface area contributed by atoms with Crippen molar-refractivity contribution in [1.82, 2.24) is 5.48 Å². The molecule has 1 aromatic rings. The third-order valence-corrected chi connectivity index (χ3v) is 6.85. The molecule has 2 aliphatic rings. The summed E-state index contributed by atoms with van der Waals surface area (Å²) in [5.74, 6) is -1.10. The van der Waals surface area contributed by atoms with Gasteiger partial charge in [0, 0.05) is 0 Å². The maximum atomic E-state index is 13.0. The van der Waals surface area contributed by atoms with Crippen LogP contribution in [0.15, 0.2) is 29.2 Å². The molecule has 2 aliphatic heterocycles. The van der Waals surface area contributed by atoms with E-state index in [0.29, 0.717) is 18.6 Å². The molecule has 3 atom stereocenters. The van der Waals surface area contributed by atoms with Crippen LogP contribution in [0.4, 0.5) is 0 Å². The number of fused-ring (bicyclic) bond motifs is 2. The number of ether oxygens (including phenoxy) is 2. The zero-order valence-corrected chi connectivity index (χ0v) is 12.8. The van der Waals surface area contributed by atoms with Crippen molar-refractivity contribution in [3.8, 4) is 5.75 Å². The average Bonchev–Trinajstić information content (AvgIpc) is 3.14. The van der Waals surface area contributed by atoms with E-state index in [4.69, 9.17) is 14.7 Å². The molecule has 0 radical (unpaired) electrons. The highest BCUT2D eigenvalue weighted by Gasteiger charge is 2.64. The lowest BCUT2D eigenvalue weighted by atomic mass is 9.88. The largest absolute Gasteiger partial charge is 0.497 e. The van der Waals surface area contributed by atoms with E-state index >= 15 is 0 Å². The first-order chi connectivity index (χ1) is 10.4. The molecule has 2 bridgehead atoms. The van der Waals surface area contributed by atoms with Crippen LogP contribution in [0, 0.1) is 5.92 Å². The number of amides is 1. The Morgan fingerprint density at radius 1 is 1.41 bits per heavy atom. The smallest absolute Gasteiger partial charge is 0.250 e. The Balaban J connectivity index is 2.03. The molecule has 2 heterocycles. The molecule has 22 heavy (non-hydrogen) atoms. The zero-order valence-electron chi connectivity index (χ0n) is 12.0. The molecule has 2 N–H and O–H groups in total. The number of hydroxylamine groups is 1. The lowest BCUT2D eigenvalue weighted by Crippen LogP contribution is -2.48. The monoisotopic (exact) mass is 327 g/mol. The SMILES string of the molecule is COc1ccc(S(=O)(=O)C23CCC(CC2C(=O)NO)O3)cc1. The van der Waals surface area contributed by atoms with Crippen LogP contribution in [0.1, 0.15) is 19.3 Å². The summed E-state index contributed by atoms with van der Waals surface area (Å²) in [4.78, 5) is 10.3. The van der Waals surface area contributed by atoms with Crippen molar-refractivity contribution >= 4 is 15.7 Å². The number of nitrogens with one attached hydrogen (secondary N) is 1. The molecule has 0 aromatic heterocycles. The average molecular weight is 327 g/mol. The number of carbonyl (C=O) groups excluding carboxylic acids is 1. The van der Waals surface area contributed by atoms with Crippen LogP contribution < -0.4 is 10.2 Å². The predicted molar refractivity (Wildman–Crippen MR) is 75.1 cm³/mol. The van der Waals surface area contributed by atoms with Crippen molar-refractivity contribution < 1.29 is 27.9 Å². The number of rotatable bonds is 4. The highest BCUT2D eigenvalue weighted by atomic mass is 32.2. The Labute approximate surface area is 128 Å². The van der Waals surface area contributed by atoms with Gasteiger partial charge in [0.1, 0.15) is 5.75 Å². The molecule has 1 amide bonds. The summed E-state index contributed by atoms with van der Waals surface area (Å²) in [5.41, 5.74) is 1.55. The van der Waals surface area contributed by atoms with Gasteiger partial charge in [-0.05, 0) is 43.5 Å². The zero-order chi connectivity index (χ0) is 16.0. The predicted octanol–water partition coefficient (Wildman–Crippen LogP) is 0.869. The first-order valence-corrected chi connectivity index (χ1v) is 8.43. The second kappa shape index (κ2) is 5.22. The number of hydrogen-bond acceptors (Lipinski definition) is 6. The quantitative estimate of drug-likeness (QED) is 0.628. The van der Waals surface area contributed by atoms with E-state index in [1.807, 2.05) is 0 Å². The van der Waals surface area contributed by atoms with E-state index in [9.17, 15) is 13.2 Å². The van der Waals surface area contributed by atoms with Crippen molar-refractivity contribution in [1.29, 1.82) is 0 Å².